The standard InChI is InChI=1S/C20H35N3O2/c1-5-21-20(22-12-9-13-25-17(2)3)23-14-18(4)15-24-16-19-10-7-6-8-11-19/h6-8,10-11,17-18H,5,9,12-16H2,1-4H3,(H2,21,22,23). The van der Waals surface area contributed by atoms with Crippen molar-refractivity contribution in [3.63, 3.8) is 0 Å². The summed E-state index contributed by atoms with van der Waals surface area (Å²) in [5.41, 5.74) is 1.21. The van der Waals surface area contributed by atoms with Gasteiger partial charge in [-0.05, 0) is 38.7 Å². The van der Waals surface area contributed by atoms with Gasteiger partial charge < -0.3 is 20.1 Å². The maximum absolute atomic E-state index is 5.78. The maximum atomic E-state index is 5.78. The van der Waals surface area contributed by atoms with Crippen LogP contribution in [0, 0.1) is 5.92 Å². The molecule has 0 spiro atoms. The summed E-state index contributed by atoms with van der Waals surface area (Å²) >= 11 is 0. The molecule has 5 heteroatoms. The predicted molar refractivity (Wildman–Crippen MR) is 105 cm³/mol. The minimum absolute atomic E-state index is 0.290. The van der Waals surface area contributed by atoms with Gasteiger partial charge in [-0.2, -0.15) is 0 Å². The van der Waals surface area contributed by atoms with Crippen LogP contribution in [0.15, 0.2) is 35.3 Å². The van der Waals surface area contributed by atoms with E-state index >= 15 is 0 Å². The van der Waals surface area contributed by atoms with Crippen molar-refractivity contribution >= 4 is 5.96 Å². The second-order valence-corrected chi connectivity index (χ2v) is 6.53. The minimum Gasteiger partial charge on any atom is -0.379 e. The van der Waals surface area contributed by atoms with Crippen molar-refractivity contribution in [1.29, 1.82) is 0 Å². The molecule has 25 heavy (non-hydrogen) atoms. The van der Waals surface area contributed by atoms with Crippen molar-refractivity contribution in [2.45, 2.75) is 46.8 Å². The largest absolute Gasteiger partial charge is 0.379 e. The average molecular weight is 350 g/mol. The van der Waals surface area contributed by atoms with E-state index in [0.717, 1.165) is 38.6 Å². The van der Waals surface area contributed by atoms with Crippen molar-refractivity contribution in [3.05, 3.63) is 35.9 Å². The Morgan fingerprint density at radius 2 is 1.88 bits per heavy atom. The molecule has 0 fully saturated rings. The molecule has 0 aliphatic heterocycles. The first-order valence-corrected chi connectivity index (χ1v) is 9.37. The third kappa shape index (κ3) is 11.6. The van der Waals surface area contributed by atoms with Gasteiger partial charge in [0, 0.05) is 26.2 Å². The molecule has 1 aromatic rings. The summed E-state index contributed by atoms with van der Waals surface area (Å²) in [6, 6.07) is 10.3. The first-order chi connectivity index (χ1) is 12.1. The molecule has 1 atom stereocenters. The highest BCUT2D eigenvalue weighted by molar-refractivity contribution is 5.79. The quantitative estimate of drug-likeness (QED) is 0.346. The average Bonchev–Trinajstić information content (AvgIpc) is 2.60. The Labute approximate surface area is 153 Å². The first kappa shape index (κ1) is 21.5. The van der Waals surface area contributed by atoms with Crippen LogP contribution < -0.4 is 10.6 Å². The highest BCUT2D eigenvalue weighted by atomic mass is 16.5. The number of nitrogens with one attached hydrogen (secondary N) is 2. The molecule has 5 nitrogen and oxygen atoms in total. The topological polar surface area (TPSA) is 54.9 Å². The molecule has 0 saturated heterocycles. The summed E-state index contributed by atoms with van der Waals surface area (Å²) < 4.78 is 11.3. The Bertz CT molecular complexity index is 463. The lowest BCUT2D eigenvalue weighted by atomic mass is 10.2. The second kappa shape index (κ2) is 13.7. The molecular weight excluding hydrogens is 314 g/mol. The SMILES string of the molecule is CCNC(=NCC(C)COCc1ccccc1)NCCCOC(C)C. The van der Waals surface area contributed by atoms with Gasteiger partial charge in [-0.25, -0.2) is 0 Å². The van der Waals surface area contributed by atoms with Gasteiger partial charge in [0.15, 0.2) is 5.96 Å². The van der Waals surface area contributed by atoms with E-state index in [4.69, 9.17) is 9.47 Å². The molecule has 0 radical (unpaired) electrons. The third-order valence-corrected chi connectivity index (χ3v) is 3.48. The highest BCUT2D eigenvalue weighted by Gasteiger charge is 2.04. The lowest BCUT2D eigenvalue weighted by Crippen LogP contribution is -2.38. The molecular formula is C20H35N3O2. The van der Waals surface area contributed by atoms with Gasteiger partial charge in [0.05, 0.1) is 19.3 Å². The summed E-state index contributed by atoms with van der Waals surface area (Å²) in [4.78, 5) is 4.65. The van der Waals surface area contributed by atoms with Gasteiger partial charge in [-0.15, -0.1) is 0 Å². The van der Waals surface area contributed by atoms with Gasteiger partial charge in [0.2, 0.25) is 0 Å². The molecule has 0 amide bonds. The fourth-order valence-corrected chi connectivity index (χ4v) is 2.19. The first-order valence-electron chi connectivity index (χ1n) is 9.37. The Morgan fingerprint density at radius 3 is 2.56 bits per heavy atom. The molecule has 0 saturated carbocycles. The van der Waals surface area contributed by atoms with Crippen molar-refractivity contribution in [1.82, 2.24) is 10.6 Å². The monoisotopic (exact) mass is 349 g/mol. The molecule has 0 aliphatic carbocycles. The third-order valence-electron chi connectivity index (χ3n) is 3.48. The molecule has 1 rings (SSSR count). The Balaban J connectivity index is 2.22. The summed E-state index contributed by atoms with van der Waals surface area (Å²) in [5, 5.41) is 6.63. The van der Waals surface area contributed by atoms with E-state index in [0.29, 0.717) is 25.2 Å². The van der Waals surface area contributed by atoms with E-state index in [1.165, 1.54) is 5.56 Å². The Morgan fingerprint density at radius 1 is 1.12 bits per heavy atom. The van der Waals surface area contributed by atoms with Crippen LogP contribution in [-0.2, 0) is 16.1 Å². The summed E-state index contributed by atoms with van der Waals surface area (Å²) in [5.74, 6) is 1.24. The van der Waals surface area contributed by atoms with Crippen LogP contribution in [-0.4, -0.2) is 44.9 Å². The number of aliphatic imine (C=N–C) groups is 1. The number of nitrogens with zero attached hydrogens (tertiary/aromatic N) is 1. The minimum atomic E-state index is 0.290. The van der Waals surface area contributed by atoms with E-state index in [9.17, 15) is 0 Å². The molecule has 1 unspecified atom stereocenters. The van der Waals surface area contributed by atoms with E-state index in [1.807, 2.05) is 18.2 Å². The van der Waals surface area contributed by atoms with Crippen LogP contribution in [0.1, 0.15) is 39.7 Å². The zero-order valence-electron chi connectivity index (χ0n) is 16.3. The van der Waals surface area contributed by atoms with Crippen LogP contribution in [0.25, 0.3) is 0 Å². The van der Waals surface area contributed by atoms with Gasteiger partial charge in [-0.1, -0.05) is 37.3 Å². The number of benzene rings is 1. The number of hydrogen-bond acceptors (Lipinski definition) is 3. The summed E-state index contributed by atoms with van der Waals surface area (Å²) in [6.07, 6.45) is 1.26. The Kier molecular flexibility index (Phi) is 11.7. The number of rotatable bonds is 12. The van der Waals surface area contributed by atoms with Crippen molar-refractivity contribution < 1.29 is 9.47 Å². The molecule has 0 aromatic heterocycles. The summed E-state index contributed by atoms with van der Waals surface area (Å²) in [6.45, 7) is 12.9. The van der Waals surface area contributed by atoms with E-state index in [2.05, 4.69) is 55.5 Å². The normalized spacial score (nSPS) is 13.1. The van der Waals surface area contributed by atoms with Crippen LogP contribution in [0.4, 0.5) is 0 Å². The fraction of sp³-hybridized carbons (Fsp3) is 0.650. The zero-order chi connectivity index (χ0) is 18.3. The Hall–Kier alpha value is -1.59. The number of ether oxygens (including phenoxy) is 2. The van der Waals surface area contributed by atoms with Crippen LogP contribution >= 0.6 is 0 Å². The van der Waals surface area contributed by atoms with Gasteiger partial charge >= 0.3 is 0 Å². The van der Waals surface area contributed by atoms with Crippen molar-refractivity contribution in [2.24, 2.45) is 10.9 Å². The van der Waals surface area contributed by atoms with Gasteiger partial charge in [-0.3, -0.25) is 4.99 Å². The highest BCUT2D eigenvalue weighted by Crippen LogP contribution is 2.03. The van der Waals surface area contributed by atoms with E-state index < -0.39 is 0 Å². The molecule has 0 aliphatic rings. The zero-order valence-corrected chi connectivity index (χ0v) is 16.3. The number of hydrogen-bond donors (Lipinski definition) is 2. The smallest absolute Gasteiger partial charge is 0.191 e. The van der Waals surface area contributed by atoms with Crippen LogP contribution in [0.2, 0.25) is 0 Å². The molecule has 0 bridgehead atoms. The maximum Gasteiger partial charge on any atom is 0.191 e. The predicted octanol–water partition coefficient (Wildman–Crippen LogP) is 3.21. The second-order valence-electron chi connectivity index (χ2n) is 6.53. The molecule has 142 valence electrons. The lowest BCUT2D eigenvalue weighted by molar-refractivity contribution is 0.0776. The lowest BCUT2D eigenvalue weighted by Gasteiger charge is -2.14. The summed E-state index contributed by atoms with van der Waals surface area (Å²) in [7, 11) is 0. The fourth-order valence-electron chi connectivity index (χ4n) is 2.19. The van der Waals surface area contributed by atoms with Crippen molar-refractivity contribution in [2.75, 3.05) is 32.8 Å². The number of guanidine groups is 1. The van der Waals surface area contributed by atoms with E-state index in [-0.39, 0.29) is 0 Å². The van der Waals surface area contributed by atoms with Gasteiger partial charge in [0.25, 0.3) is 0 Å². The van der Waals surface area contributed by atoms with Crippen LogP contribution in [0.5, 0.6) is 0 Å². The molecule has 0 heterocycles. The van der Waals surface area contributed by atoms with Gasteiger partial charge in [0.1, 0.15) is 0 Å². The molecule has 2 N–H and O–H groups in total. The van der Waals surface area contributed by atoms with Crippen molar-refractivity contribution in [3.8, 4) is 0 Å². The van der Waals surface area contributed by atoms with E-state index in [1.54, 1.807) is 0 Å². The van der Waals surface area contributed by atoms with Crippen LogP contribution in [0.3, 0.4) is 0 Å². The molecule has 1 aromatic carbocycles.